The molecular formula is C17H26N2O3. The second kappa shape index (κ2) is 7.82. The number of amides is 1. The van der Waals surface area contributed by atoms with E-state index in [9.17, 15) is 4.79 Å². The number of carbonyl (C=O) groups excluding carboxylic acids is 1. The third-order valence-electron chi connectivity index (χ3n) is 2.89. The molecule has 0 radical (unpaired) electrons. The highest BCUT2D eigenvalue weighted by molar-refractivity contribution is 6.05. The summed E-state index contributed by atoms with van der Waals surface area (Å²) in [4.78, 5) is 17.1. The summed E-state index contributed by atoms with van der Waals surface area (Å²) in [5, 5.41) is 7.00. The molecule has 1 atom stereocenters. The SMILES string of the molecule is CO/N=C(\c1ccccc1)[C@@H](NC(=O)OC(C)(C)C)C(C)C. The molecule has 0 aromatic heterocycles. The molecule has 0 fully saturated rings. The highest BCUT2D eigenvalue weighted by Gasteiger charge is 2.26. The van der Waals surface area contributed by atoms with E-state index < -0.39 is 11.7 Å². The summed E-state index contributed by atoms with van der Waals surface area (Å²) in [7, 11) is 1.49. The smallest absolute Gasteiger partial charge is 0.408 e. The fraction of sp³-hybridized carbons (Fsp3) is 0.529. The van der Waals surface area contributed by atoms with E-state index in [1.54, 1.807) is 0 Å². The van der Waals surface area contributed by atoms with Crippen LogP contribution in [-0.2, 0) is 9.57 Å². The number of ether oxygens (including phenoxy) is 1. The number of nitrogens with one attached hydrogen (secondary N) is 1. The van der Waals surface area contributed by atoms with Gasteiger partial charge in [0.1, 0.15) is 18.4 Å². The lowest BCUT2D eigenvalue weighted by Crippen LogP contribution is -2.46. The molecule has 0 saturated carbocycles. The molecule has 5 heteroatoms. The van der Waals surface area contributed by atoms with E-state index in [4.69, 9.17) is 9.57 Å². The molecule has 1 aromatic carbocycles. The van der Waals surface area contributed by atoms with E-state index in [0.29, 0.717) is 5.71 Å². The second-order valence-electron chi connectivity index (χ2n) is 6.39. The number of oxime groups is 1. The molecule has 1 N–H and O–H groups in total. The van der Waals surface area contributed by atoms with Gasteiger partial charge in [-0.2, -0.15) is 0 Å². The number of carbonyl (C=O) groups is 1. The number of rotatable bonds is 5. The molecule has 5 nitrogen and oxygen atoms in total. The van der Waals surface area contributed by atoms with Gasteiger partial charge in [-0.15, -0.1) is 0 Å². The molecule has 0 bridgehead atoms. The van der Waals surface area contributed by atoms with E-state index in [2.05, 4.69) is 10.5 Å². The molecule has 0 aliphatic rings. The minimum absolute atomic E-state index is 0.127. The van der Waals surface area contributed by atoms with Gasteiger partial charge >= 0.3 is 6.09 Å². The predicted octanol–water partition coefficient (Wildman–Crippen LogP) is 3.59. The maximum Gasteiger partial charge on any atom is 0.408 e. The second-order valence-corrected chi connectivity index (χ2v) is 6.39. The Labute approximate surface area is 132 Å². The van der Waals surface area contributed by atoms with Gasteiger partial charge in [-0.3, -0.25) is 0 Å². The predicted molar refractivity (Wildman–Crippen MR) is 88.0 cm³/mol. The molecule has 0 spiro atoms. The molecule has 0 aliphatic heterocycles. The summed E-state index contributed by atoms with van der Waals surface area (Å²) in [6.45, 7) is 9.52. The summed E-state index contributed by atoms with van der Waals surface area (Å²) in [5.74, 6) is 0.127. The summed E-state index contributed by atoms with van der Waals surface area (Å²) < 4.78 is 5.34. The molecule has 22 heavy (non-hydrogen) atoms. The number of alkyl carbamates (subject to hydrolysis) is 1. The van der Waals surface area contributed by atoms with Gasteiger partial charge in [0, 0.05) is 5.56 Å². The van der Waals surface area contributed by atoms with Gasteiger partial charge in [-0.1, -0.05) is 49.3 Å². The average Bonchev–Trinajstić information content (AvgIpc) is 2.41. The quantitative estimate of drug-likeness (QED) is 0.668. The molecule has 0 heterocycles. The molecule has 1 aromatic rings. The Kier molecular flexibility index (Phi) is 6.40. The van der Waals surface area contributed by atoms with Crippen molar-refractivity contribution in [1.82, 2.24) is 5.32 Å². The van der Waals surface area contributed by atoms with Crippen molar-refractivity contribution in [3.8, 4) is 0 Å². The van der Waals surface area contributed by atoms with Crippen molar-refractivity contribution in [1.29, 1.82) is 0 Å². The monoisotopic (exact) mass is 306 g/mol. The first kappa shape index (κ1) is 18.0. The molecule has 0 unspecified atom stereocenters. The zero-order chi connectivity index (χ0) is 16.8. The fourth-order valence-electron chi connectivity index (χ4n) is 1.98. The molecule has 0 aliphatic carbocycles. The van der Waals surface area contributed by atoms with Gasteiger partial charge in [0.05, 0.1) is 6.04 Å². The van der Waals surface area contributed by atoms with Crippen molar-refractivity contribution in [2.45, 2.75) is 46.3 Å². The Hall–Kier alpha value is -2.04. The van der Waals surface area contributed by atoms with E-state index in [1.165, 1.54) is 7.11 Å². The summed E-state index contributed by atoms with van der Waals surface area (Å²) in [5.41, 5.74) is 1.03. The minimum Gasteiger partial charge on any atom is -0.444 e. The van der Waals surface area contributed by atoms with E-state index in [1.807, 2.05) is 65.0 Å². The Morgan fingerprint density at radius 2 is 1.77 bits per heavy atom. The Bertz CT molecular complexity index is 504. The van der Waals surface area contributed by atoms with Crippen LogP contribution in [0.1, 0.15) is 40.2 Å². The van der Waals surface area contributed by atoms with Crippen LogP contribution in [0.4, 0.5) is 4.79 Å². The largest absolute Gasteiger partial charge is 0.444 e. The normalized spacial score (nSPS) is 13.7. The lowest BCUT2D eigenvalue weighted by molar-refractivity contribution is 0.0507. The van der Waals surface area contributed by atoms with Gasteiger partial charge < -0.3 is 14.9 Å². The van der Waals surface area contributed by atoms with Gasteiger partial charge in [0.2, 0.25) is 0 Å². The van der Waals surface area contributed by atoms with Crippen molar-refractivity contribution in [3.63, 3.8) is 0 Å². The number of benzene rings is 1. The van der Waals surface area contributed by atoms with Crippen molar-refractivity contribution in [2.75, 3.05) is 7.11 Å². The highest BCUT2D eigenvalue weighted by atomic mass is 16.6. The average molecular weight is 306 g/mol. The molecular weight excluding hydrogens is 280 g/mol. The Balaban J connectivity index is 3.01. The lowest BCUT2D eigenvalue weighted by atomic mass is 9.94. The van der Waals surface area contributed by atoms with Crippen LogP contribution in [-0.4, -0.2) is 30.6 Å². The van der Waals surface area contributed by atoms with E-state index in [0.717, 1.165) is 5.56 Å². The van der Waals surface area contributed by atoms with E-state index >= 15 is 0 Å². The molecule has 1 amide bonds. The van der Waals surface area contributed by atoms with Crippen molar-refractivity contribution >= 4 is 11.8 Å². The Morgan fingerprint density at radius 1 is 1.18 bits per heavy atom. The zero-order valence-corrected chi connectivity index (χ0v) is 14.2. The number of nitrogens with zero attached hydrogens (tertiary/aromatic N) is 1. The third-order valence-corrected chi connectivity index (χ3v) is 2.89. The number of hydrogen-bond donors (Lipinski definition) is 1. The van der Waals surface area contributed by atoms with Crippen LogP contribution in [0.25, 0.3) is 0 Å². The van der Waals surface area contributed by atoms with Crippen LogP contribution in [0.2, 0.25) is 0 Å². The fourth-order valence-corrected chi connectivity index (χ4v) is 1.98. The van der Waals surface area contributed by atoms with Crippen LogP contribution in [0.3, 0.4) is 0 Å². The minimum atomic E-state index is -0.545. The summed E-state index contributed by atoms with van der Waals surface area (Å²) >= 11 is 0. The van der Waals surface area contributed by atoms with Gasteiger partial charge in [0.15, 0.2) is 0 Å². The maximum atomic E-state index is 12.1. The molecule has 0 saturated heterocycles. The lowest BCUT2D eigenvalue weighted by Gasteiger charge is -2.26. The van der Waals surface area contributed by atoms with Crippen LogP contribution in [0, 0.1) is 5.92 Å². The van der Waals surface area contributed by atoms with Crippen LogP contribution in [0.15, 0.2) is 35.5 Å². The first-order chi connectivity index (χ1) is 10.2. The van der Waals surface area contributed by atoms with Crippen LogP contribution >= 0.6 is 0 Å². The standard InChI is InChI=1S/C17H26N2O3/c1-12(2)14(18-16(20)22-17(3,4)5)15(19-21-6)13-10-8-7-9-11-13/h7-12,14H,1-6H3,(H,18,20)/b19-15+/t14-/m0/s1. The topological polar surface area (TPSA) is 59.9 Å². The van der Waals surface area contributed by atoms with Crippen molar-refractivity contribution in [3.05, 3.63) is 35.9 Å². The van der Waals surface area contributed by atoms with Crippen LogP contribution < -0.4 is 5.32 Å². The Morgan fingerprint density at radius 3 is 2.23 bits per heavy atom. The molecule has 1 rings (SSSR count). The molecule has 122 valence electrons. The first-order valence-corrected chi connectivity index (χ1v) is 7.40. The third kappa shape index (κ3) is 5.76. The maximum absolute atomic E-state index is 12.1. The van der Waals surface area contributed by atoms with Gasteiger partial charge in [-0.25, -0.2) is 4.79 Å². The van der Waals surface area contributed by atoms with Crippen molar-refractivity contribution in [2.24, 2.45) is 11.1 Å². The zero-order valence-electron chi connectivity index (χ0n) is 14.2. The summed E-state index contributed by atoms with van der Waals surface area (Å²) in [6, 6.07) is 9.34. The van der Waals surface area contributed by atoms with Gasteiger partial charge in [0.25, 0.3) is 0 Å². The van der Waals surface area contributed by atoms with Crippen LogP contribution in [0.5, 0.6) is 0 Å². The summed E-state index contributed by atoms with van der Waals surface area (Å²) in [6.07, 6.45) is -0.467. The van der Waals surface area contributed by atoms with E-state index in [-0.39, 0.29) is 12.0 Å². The van der Waals surface area contributed by atoms with Crippen molar-refractivity contribution < 1.29 is 14.4 Å². The number of hydrogen-bond acceptors (Lipinski definition) is 4. The van der Waals surface area contributed by atoms with Gasteiger partial charge in [-0.05, 0) is 26.7 Å². The first-order valence-electron chi connectivity index (χ1n) is 7.40. The highest BCUT2D eigenvalue weighted by Crippen LogP contribution is 2.14.